The first kappa shape index (κ1) is 14.4. The molecule has 2 aromatic heterocycles. The van der Waals surface area contributed by atoms with Gasteiger partial charge in [0.25, 0.3) is 11.7 Å². The summed E-state index contributed by atoms with van der Waals surface area (Å²) >= 11 is 0. The van der Waals surface area contributed by atoms with Crippen LogP contribution in [-0.2, 0) is 4.79 Å². The van der Waals surface area contributed by atoms with Crippen molar-refractivity contribution in [2.75, 3.05) is 13.1 Å². The summed E-state index contributed by atoms with van der Waals surface area (Å²) < 4.78 is 5.70. The number of hydrogen-bond acceptors (Lipinski definition) is 4. The molecule has 1 fully saturated rings. The number of fused-ring (bicyclic) bond motifs is 1. The van der Waals surface area contributed by atoms with Gasteiger partial charge in [0.15, 0.2) is 0 Å². The molecule has 0 unspecified atom stereocenters. The number of likely N-dealkylation sites (tertiary alicyclic amines) is 1. The van der Waals surface area contributed by atoms with Gasteiger partial charge in [-0.25, -0.2) is 0 Å². The van der Waals surface area contributed by atoms with E-state index in [2.05, 4.69) is 9.97 Å². The summed E-state index contributed by atoms with van der Waals surface area (Å²) in [5.41, 5.74) is 1.25. The fourth-order valence-electron chi connectivity index (χ4n) is 2.81. The predicted octanol–water partition coefficient (Wildman–Crippen LogP) is 2.04. The number of para-hydroxylation sites is 1. The molecule has 0 aliphatic carbocycles. The van der Waals surface area contributed by atoms with Crippen molar-refractivity contribution in [3.63, 3.8) is 0 Å². The van der Waals surface area contributed by atoms with E-state index >= 15 is 0 Å². The third-order valence-corrected chi connectivity index (χ3v) is 4.10. The zero-order valence-electron chi connectivity index (χ0n) is 12.8. The lowest BCUT2D eigenvalue weighted by molar-refractivity contribution is -0.134. The van der Waals surface area contributed by atoms with Crippen LogP contribution in [0.25, 0.3) is 10.9 Å². The number of hydrogen-bond donors (Lipinski definition) is 1. The molecular weight excluding hydrogens is 306 g/mol. The molecule has 0 saturated carbocycles. The van der Waals surface area contributed by atoms with Crippen LogP contribution in [0.5, 0.6) is 5.75 Å². The number of carbonyl (C=O) groups is 2. The zero-order chi connectivity index (χ0) is 16.5. The van der Waals surface area contributed by atoms with Gasteiger partial charge < -0.3 is 14.6 Å². The van der Waals surface area contributed by atoms with E-state index in [9.17, 15) is 9.59 Å². The first-order valence-corrected chi connectivity index (χ1v) is 7.69. The zero-order valence-corrected chi connectivity index (χ0v) is 12.8. The molecule has 120 valence electrons. The van der Waals surface area contributed by atoms with E-state index in [-0.39, 0.29) is 6.10 Å². The predicted molar refractivity (Wildman–Crippen MR) is 87.9 cm³/mol. The Morgan fingerprint density at radius 2 is 2.00 bits per heavy atom. The third-order valence-electron chi connectivity index (χ3n) is 4.10. The van der Waals surface area contributed by atoms with Gasteiger partial charge in [0.05, 0.1) is 24.8 Å². The Kier molecular flexibility index (Phi) is 3.49. The van der Waals surface area contributed by atoms with Crippen molar-refractivity contribution in [1.82, 2.24) is 14.9 Å². The normalized spacial score (nSPS) is 14.4. The molecule has 0 atom stereocenters. The monoisotopic (exact) mass is 321 g/mol. The number of aromatic amines is 1. The Bertz CT molecular complexity index is 898. The van der Waals surface area contributed by atoms with Crippen LogP contribution < -0.4 is 4.74 Å². The molecule has 1 saturated heterocycles. The van der Waals surface area contributed by atoms with Crippen molar-refractivity contribution in [1.29, 1.82) is 0 Å². The van der Waals surface area contributed by atoms with Crippen molar-refractivity contribution in [2.45, 2.75) is 6.10 Å². The summed E-state index contributed by atoms with van der Waals surface area (Å²) in [4.78, 5) is 33.3. The molecular formula is C18H15N3O3. The van der Waals surface area contributed by atoms with Crippen molar-refractivity contribution in [3.05, 3.63) is 60.6 Å². The first-order chi connectivity index (χ1) is 11.7. The van der Waals surface area contributed by atoms with Gasteiger partial charge in [-0.2, -0.15) is 0 Å². The number of amides is 1. The lowest BCUT2D eigenvalue weighted by Gasteiger charge is -2.38. The van der Waals surface area contributed by atoms with Crippen LogP contribution in [0.4, 0.5) is 0 Å². The molecule has 1 aliphatic heterocycles. The number of H-pyrrole nitrogens is 1. The Labute approximate surface area is 138 Å². The van der Waals surface area contributed by atoms with Crippen molar-refractivity contribution >= 4 is 22.6 Å². The highest BCUT2D eigenvalue weighted by Crippen LogP contribution is 2.21. The summed E-state index contributed by atoms with van der Waals surface area (Å²) in [5.74, 6) is -0.323. The maximum atomic E-state index is 12.5. The number of nitrogens with one attached hydrogen (secondary N) is 1. The minimum atomic E-state index is -0.495. The third kappa shape index (κ3) is 2.52. The van der Waals surface area contributed by atoms with E-state index in [1.54, 1.807) is 24.7 Å². The van der Waals surface area contributed by atoms with Gasteiger partial charge in [-0.15, -0.1) is 0 Å². The molecule has 4 rings (SSSR count). The molecule has 3 heterocycles. The quantitative estimate of drug-likeness (QED) is 0.589. The second kappa shape index (κ2) is 5.81. The van der Waals surface area contributed by atoms with Crippen molar-refractivity contribution in [2.24, 2.45) is 0 Å². The Morgan fingerprint density at radius 3 is 2.79 bits per heavy atom. The van der Waals surface area contributed by atoms with Crippen LogP contribution in [0, 0.1) is 0 Å². The van der Waals surface area contributed by atoms with Crippen molar-refractivity contribution < 1.29 is 14.3 Å². The van der Waals surface area contributed by atoms with E-state index < -0.39 is 11.7 Å². The average molecular weight is 321 g/mol. The number of benzene rings is 1. The highest BCUT2D eigenvalue weighted by atomic mass is 16.5. The fraction of sp³-hybridized carbons (Fsp3) is 0.167. The Hall–Kier alpha value is -3.15. The van der Waals surface area contributed by atoms with E-state index in [4.69, 9.17) is 4.74 Å². The van der Waals surface area contributed by atoms with Gasteiger partial charge in [0, 0.05) is 23.3 Å². The second-order valence-electron chi connectivity index (χ2n) is 5.72. The molecule has 0 bridgehead atoms. The van der Waals surface area contributed by atoms with Crippen LogP contribution in [-0.4, -0.2) is 45.8 Å². The topological polar surface area (TPSA) is 75.3 Å². The molecule has 1 aromatic carbocycles. The van der Waals surface area contributed by atoms with Crippen LogP contribution in [0.3, 0.4) is 0 Å². The van der Waals surface area contributed by atoms with E-state index in [0.717, 1.165) is 10.9 Å². The second-order valence-corrected chi connectivity index (χ2v) is 5.72. The minimum Gasteiger partial charge on any atom is -0.485 e. The largest absolute Gasteiger partial charge is 0.485 e. The molecule has 3 aromatic rings. The maximum absolute atomic E-state index is 12.5. The summed E-state index contributed by atoms with van der Waals surface area (Å²) in [6, 6.07) is 11.0. The van der Waals surface area contributed by atoms with Crippen LogP contribution >= 0.6 is 0 Å². The molecule has 24 heavy (non-hydrogen) atoms. The summed E-state index contributed by atoms with van der Waals surface area (Å²) in [6.07, 6.45) is 4.79. The van der Waals surface area contributed by atoms with Gasteiger partial charge in [0.1, 0.15) is 11.9 Å². The number of carbonyl (C=O) groups excluding carboxylic acids is 2. The van der Waals surface area contributed by atoms with E-state index in [0.29, 0.717) is 24.4 Å². The summed E-state index contributed by atoms with van der Waals surface area (Å²) in [5, 5.41) is 0.763. The highest BCUT2D eigenvalue weighted by molar-refractivity contribution is 6.45. The van der Waals surface area contributed by atoms with Gasteiger partial charge >= 0.3 is 0 Å². The number of pyridine rings is 1. The first-order valence-electron chi connectivity index (χ1n) is 7.69. The van der Waals surface area contributed by atoms with Gasteiger partial charge in [-0.1, -0.05) is 18.2 Å². The lowest BCUT2D eigenvalue weighted by Crippen LogP contribution is -2.57. The highest BCUT2D eigenvalue weighted by Gasteiger charge is 2.36. The minimum absolute atomic E-state index is 0.103. The molecule has 1 amide bonds. The van der Waals surface area contributed by atoms with Crippen LogP contribution in [0.1, 0.15) is 10.4 Å². The van der Waals surface area contributed by atoms with Crippen LogP contribution in [0.15, 0.2) is 55.0 Å². The van der Waals surface area contributed by atoms with Gasteiger partial charge in [0.2, 0.25) is 0 Å². The molecule has 6 heteroatoms. The SMILES string of the molecule is O=C(C(=O)N1CC(Oc2cccnc2)C1)c1c[nH]c2ccccc12. The number of rotatable bonds is 4. The number of aromatic nitrogens is 2. The van der Waals surface area contributed by atoms with Gasteiger partial charge in [-0.3, -0.25) is 14.6 Å². The average Bonchev–Trinajstić information content (AvgIpc) is 3.01. The standard InChI is InChI=1S/C18H15N3O3/c22-17(15-9-20-16-6-2-1-5-14(15)16)18(23)21-10-13(11-21)24-12-4-3-7-19-8-12/h1-9,13,20H,10-11H2. The number of ether oxygens (including phenoxy) is 1. The summed E-state index contributed by atoms with van der Waals surface area (Å²) in [7, 11) is 0. The Balaban J connectivity index is 1.41. The smallest absolute Gasteiger partial charge is 0.295 e. The summed E-state index contributed by atoms with van der Waals surface area (Å²) in [6.45, 7) is 0.809. The molecule has 0 spiro atoms. The molecule has 1 N–H and O–H groups in total. The number of Topliss-reactive ketones (excluding diaryl/α,β-unsaturated/α-hetero) is 1. The van der Waals surface area contributed by atoms with Gasteiger partial charge in [-0.05, 0) is 18.2 Å². The fourth-order valence-corrected chi connectivity index (χ4v) is 2.81. The van der Waals surface area contributed by atoms with E-state index in [1.165, 1.54) is 4.90 Å². The van der Waals surface area contributed by atoms with E-state index in [1.807, 2.05) is 30.3 Å². The molecule has 1 aliphatic rings. The van der Waals surface area contributed by atoms with Crippen LogP contribution in [0.2, 0.25) is 0 Å². The maximum Gasteiger partial charge on any atom is 0.295 e. The number of ketones is 1. The lowest BCUT2D eigenvalue weighted by atomic mass is 10.1. The number of nitrogens with zero attached hydrogens (tertiary/aromatic N) is 2. The molecule has 0 radical (unpaired) electrons. The Morgan fingerprint density at radius 1 is 1.17 bits per heavy atom. The van der Waals surface area contributed by atoms with Crippen molar-refractivity contribution in [3.8, 4) is 5.75 Å². The molecule has 6 nitrogen and oxygen atoms in total.